The van der Waals surface area contributed by atoms with Gasteiger partial charge in [-0.3, -0.25) is 4.57 Å². The fraction of sp³-hybridized carbons (Fsp3) is 0.304. The summed E-state index contributed by atoms with van der Waals surface area (Å²) in [7, 11) is 1.54. The highest BCUT2D eigenvalue weighted by Gasteiger charge is 2.25. The van der Waals surface area contributed by atoms with Gasteiger partial charge in [-0.15, -0.1) is 0 Å². The minimum Gasteiger partial charge on any atom is -0.504 e. The van der Waals surface area contributed by atoms with Crippen LogP contribution in [0, 0.1) is 0 Å². The molecule has 2 rings (SSSR count). The number of carbonyl (C=O) groups is 1. The summed E-state index contributed by atoms with van der Waals surface area (Å²) in [5.74, 6) is 0.173. The lowest BCUT2D eigenvalue weighted by molar-refractivity contribution is 0.0519. The van der Waals surface area contributed by atoms with Gasteiger partial charge >= 0.3 is 5.97 Å². The third kappa shape index (κ3) is 6.78. The Hall–Kier alpha value is -2.50. The standard InChI is InChI=1S/C20H23ClN2O3.C3H5Cl/c1-5-9-14(3)19-22-18(20(24)26-6-2)17(12-13-25-4)23(19)16-11-8-7-10-15(16)21;1-2-3-4/h5,7-14H,6H2,1-4H3;2-3H,1H3/b9-5-,13-12+;3-2+. The fourth-order valence-corrected chi connectivity index (χ4v) is 2.87. The summed E-state index contributed by atoms with van der Waals surface area (Å²) >= 11 is 11.4. The number of benzene rings is 1. The van der Waals surface area contributed by atoms with Crippen LogP contribution in [0.3, 0.4) is 0 Å². The van der Waals surface area contributed by atoms with Crippen LogP contribution in [0.2, 0.25) is 5.02 Å². The number of ether oxygens (including phenoxy) is 2. The number of nitrogens with zero attached hydrogens (tertiary/aromatic N) is 2. The monoisotopic (exact) mass is 450 g/mol. The predicted molar refractivity (Wildman–Crippen MR) is 124 cm³/mol. The van der Waals surface area contributed by atoms with Crippen molar-refractivity contribution in [1.82, 2.24) is 9.55 Å². The van der Waals surface area contributed by atoms with Crippen molar-refractivity contribution in [3.8, 4) is 5.69 Å². The van der Waals surface area contributed by atoms with E-state index in [1.165, 1.54) is 11.8 Å². The molecule has 0 N–H and O–H groups in total. The van der Waals surface area contributed by atoms with Gasteiger partial charge < -0.3 is 9.47 Å². The molecule has 0 fully saturated rings. The first-order valence-corrected chi connectivity index (χ1v) is 10.4. The quantitative estimate of drug-likeness (QED) is 0.265. The van der Waals surface area contributed by atoms with Gasteiger partial charge in [0, 0.05) is 5.92 Å². The summed E-state index contributed by atoms with van der Waals surface area (Å²) in [4.78, 5) is 17.1. The summed E-state index contributed by atoms with van der Waals surface area (Å²) < 4.78 is 12.1. The molecule has 0 amide bonds. The number of methoxy groups -OCH3 is 1. The van der Waals surface area contributed by atoms with E-state index in [1.54, 1.807) is 32.3 Å². The Kier molecular flexibility index (Phi) is 11.6. The Morgan fingerprint density at radius 1 is 1.27 bits per heavy atom. The molecule has 7 heteroatoms. The van der Waals surface area contributed by atoms with E-state index < -0.39 is 5.97 Å². The van der Waals surface area contributed by atoms with Crippen molar-refractivity contribution in [2.75, 3.05) is 13.7 Å². The maximum absolute atomic E-state index is 12.5. The van der Waals surface area contributed by atoms with Crippen molar-refractivity contribution < 1.29 is 14.3 Å². The van der Waals surface area contributed by atoms with Gasteiger partial charge in [-0.05, 0) is 44.5 Å². The Bertz CT molecular complexity index is 898. The van der Waals surface area contributed by atoms with Crippen LogP contribution in [0.5, 0.6) is 0 Å². The number of aromatic nitrogens is 2. The number of hydrogen-bond acceptors (Lipinski definition) is 4. The van der Waals surface area contributed by atoms with Crippen LogP contribution in [0.4, 0.5) is 0 Å². The molecule has 0 spiro atoms. The summed E-state index contributed by atoms with van der Waals surface area (Å²) in [6.07, 6.45) is 8.91. The van der Waals surface area contributed by atoms with E-state index in [0.29, 0.717) is 16.5 Å². The molecule has 30 heavy (non-hydrogen) atoms. The smallest absolute Gasteiger partial charge is 0.359 e. The van der Waals surface area contributed by atoms with Gasteiger partial charge in [0.1, 0.15) is 5.82 Å². The first kappa shape index (κ1) is 25.5. The second-order valence-corrected chi connectivity index (χ2v) is 6.68. The lowest BCUT2D eigenvalue weighted by atomic mass is 10.1. The second-order valence-electron chi connectivity index (χ2n) is 6.02. The number of carbonyl (C=O) groups excluding carboxylic acids is 1. The van der Waals surface area contributed by atoms with E-state index in [9.17, 15) is 4.79 Å². The number of imidazole rings is 1. The summed E-state index contributed by atoms with van der Waals surface area (Å²) in [5, 5.41) is 0.557. The summed E-state index contributed by atoms with van der Waals surface area (Å²) in [5.41, 5.74) is 3.00. The molecule has 0 bridgehead atoms. The molecule has 1 unspecified atom stereocenters. The molecule has 0 saturated carbocycles. The number of hydrogen-bond donors (Lipinski definition) is 0. The molecule has 1 heterocycles. The highest BCUT2D eigenvalue weighted by molar-refractivity contribution is 6.32. The highest BCUT2D eigenvalue weighted by atomic mass is 35.5. The van der Waals surface area contributed by atoms with Crippen molar-refractivity contribution in [3.63, 3.8) is 0 Å². The van der Waals surface area contributed by atoms with Crippen molar-refractivity contribution in [2.45, 2.75) is 33.6 Å². The normalized spacial score (nSPS) is 12.2. The lowest BCUT2D eigenvalue weighted by Gasteiger charge is -2.14. The molecule has 1 atom stereocenters. The molecular weight excluding hydrogens is 423 g/mol. The van der Waals surface area contributed by atoms with Gasteiger partial charge in [-0.2, -0.15) is 0 Å². The topological polar surface area (TPSA) is 53.4 Å². The van der Waals surface area contributed by atoms with Gasteiger partial charge in [-0.25, -0.2) is 9.78 Å². The number of halogens is 2. The molecular formula is C23H28Cl2N2O3. The largest absolute Gasteiger partial charge is 0.504 e. The van der Waals surface area contributed by atoms with Crippen molar-refractivity contribution in [1.29, 1.82) is 0 Å². The van der Waals surface area contributed by atoms with Gasteiger partial charge in [0.2, 0.25) is 0 Å². The fourth-order valence-electron chi connectivity index (χ4n) is 2.65. The van der Waals surface area contributed by atoms with Crippen LogP contribution >= 0.6 is 23.2 Å². The van der Waals surface area contributed by atoms with Crippen LogP contribution in [0.15, 0.2) is 54.3 Å². The van der Waals surface area contributed by atoms with Gasteiger partial charge in [0.15, 0.2) is 5.69 Å². The summed E-state index contributed by atoms with van der Waals surface area (Å²) in [6, 6.07) is 7.43. The molecule has 0 aliphatic heterocycles. The molecule has 0 aliphatic carbocycles. The van der Waals surface area contributed by atoms with Gasteiger partial charge in [-0.1, -0.05) is 60.5 Å². The number of rotatable bonds is 7. The Morgan fingerprint density at radius 2 is 1.93 bits per heavy atom. The van der Waals surface area contributed by atoms with E-state index in [0.717, 1.165) is 5.69 Å². The van der Waals surface area contributed by atoms with Crippen LogP contribution in [0.25, 0.3) is 11.8 Å². The van der Waals surface area contributed by atoms with E-state index in [-0.39, 0.29) is 18.2 Å². The molecule has 1 aromatic heterocycles. The Labute approximate surface area is 188 Å². The zero-order valence-electron chi connectivity index (χ0n) is 17.9. The van der Waals surface area contributed by atoms with Crippen molar-refractivity contribution in [3.05, 3.63) is 76.5 Å². The minimum absolute atomic E-state index is 0.0332. The number of esters is 1. The minimum atomic E-state index is -0.483. The van der Waals surface area contributed by atoms with E-state index >= 15 is 0 Å². The van der Waals surface area contributed by atoms with E-state index in [2.05, 4.69) is 4.98 Å². The molecule has 162 valence electrons. The Balaban J connectivity index is 0.00000103. The van der Waals surface area contributed by atoms with E-state index in [1.807, 2.05) is 55.7 Å². The van der Waals surface area contributed by atoms with Gasteiger partial charge in [0.05, 0.1) is 36.4 Å². The summed E-state index contributed by atoms with van der Waals surface area (Å²) in [6.45, 7) is 7.85. The molecule has 2 aromatic rings. The predicted octanol–water partition coefficient (Wildman–Crippen LogP) is 6.76. The first-order valence-electron chi connectivity index (χ1n) is 9.54. The van der Waals surface area contributed by atoms with Crippen LogP contribution in [0.1, 0.15) is 55.6 Å². The zero-order chi connectivity index (χ0) is 22.5. The molecule has 0 aliphatic rings. The highest BCUT2D eigenvalue weighted by Crippen LogP contribution is 2.30. The van der Waals surface area contributed by atoms with Crippen LogP contribution < -0.4 is 0 Å². The average molecular weight is 451 g/mol. The molecule has 0 radical (unpaired) electrons. The lowest BCUT2D eigenvalue weighted by Crippen LogP contribution is -2.08. The van der Waals surface area contributed by atoms with Gasteiger partial charge in [0.25, 0.3) is 0 Å². The van der Waals surface area contributed by atoms with E-state index in [4.69, 9.17) is 32.7 Å². The van der Waals surface area contributed by atoms with Crippen LogP contribution in [-0.4, -0.2) is 29.2 Å². The SMILES string of the molecule is C/C=C/Cl.C/C=C\C(C)c1nc(C(=O)OCC)c(/C=C/OC)n1-c1ccccc1Cl. The molecule has 5 nitrogen and oxygen atoms in total. The third-order valence-electron chi connectivity index (χ3n) is 3.88. The number of para-hydroxylation sites is 1. The van der Waals surface area contributed by atoms with Crippen LogP contribution in [-0.2, 0) is 9.47 Å². The van der Waals surface area contributed by atoms with Crippen molar-refractivity contribution in [2.24, 2.45) is 0 Å². The maximum Gasteiger partial charge on any atom is 0.359 e. The second kappa shape index (κ2) is 13.7. The first-order chi connectivity index (χ1) is 14.5. The maximum atomic E-state index is 12.5. The van der Waals surface area contributed by atoms with Crippen molar-refractivity contribution >= 4 is 35.2 Å². The third-order valence-corrected chi connectivity index (χ3v) is 4.45. The number of allylic oxidation sites excluding steroid dienone is 3. The molecule has 1 aromatic carbocycles. The Morgan fingerprint density at radius 3 is 2.47 bits per heavy atom. The molecule has 0 saturated heterocycles. The average Bonchev–Trinajstić information content (AvgIpc) is 3.12. The zero-order valence-corrected chi connectivity index (χ0v) is 19.4.